The quantitative estimate of drug-likeness (QED) is 0.617. The largest absolute Gasteiger partial charge is 0.456 e. The highest BCUT2D eigenvalue weighted by molar-refractivity contribution is 5.90. The van der Waals surface area contributed by atoms with Gasteiger partial charge in [0, 0.05) is 18.8 Å². The van der Waals surface area contributed by atoms with Crippen molar-refractivity contribution < 1.29 is 19.1 Å². The highest BCUT2D eigenvalue weighted by Crippen LogP contribution is 2.22. The molecule has 1 saturated heterocycles. The first-order valence-corrected chi connectivity index (χ1v) is 8.02. The molecule has 0 bridgehead atoms. The third-order valence-corrected chi connectivity index (χ3v) is 3.71. The number of nitrogens with zero attached hydrogens (tertiary/aromatic N) is 1. The van der Waals surface area contributed by atoms with E-state index in [0.29, 0.717) is 5.56 Å². The molecule has 2 rings (SSSR count). The van der Waals surface area contributed by atoms with Crippen LogP contribution < -0.4 is 4.90 Å². The van der Waals surface area contributed by atoms with Crippen LogP contribution in [-0.2, 0) is 14.3 Å². The Balaban J connectivity index is 1.90. The molecule has 1 aliphatic heterocycles. The third kappa shape index (κ3) is 5.36. The number of ether oxygens (including phenoxy) is 2. The molecule has 0 unspecified atom stereocenters. The van der Waals surface area contributed by atoms with Crippen molar-refractivity contribution in [3.05, 3.63) is 29.8 Å². The Bertz CT molecular complexity index is 525. The van der Waals surface area contributed by atoms with Crippen molar-refractivity contribution in [1.82, 2.24) is 0 Å². The molecule has 1 aliphatic rings. The van der Waals surface area contributed by atoms with Gasteiger partial charge in [-0.2, -0.15) is 0 Å². The van der Waals surface area contributed by atoms with E-state index < -0.39 is 5.60 Å². The zero-order valence-electron chi connectivity index (χ0n) is 14.1. The topological polar surface area (TPSA) is 55.8 Å². The summed E-state index contributed by atoms with van der Waals surface area (Å²) in [5, 5.41) is 0. The standard InChI is InChI=1S/C18H25NO4/c1-18(2,3)23-17(21)14-4-6-15(7-5-14)19-10-8-16(9-11-19)22-13-12-20/h4-7,12,16H,8-11,13H2,1-3H3. The van der Waals surface area contributed by atoms with Crippen LogP contribution in [0.15, 0.2) is 24.3 Å². The van der Waals surface area contributed by atoms with Gasteiger partial charge >= 0.3 is 5.97 Å². The molecular formula is C18H25NO4. The molecule has 1 heterocycles. The van der Waals surface area contributed by atoms with Crippen LogP contribution in [0, 0.1) is 0 Å². The Labute approximate surface area is 137 Å². The van der Waals surface area contributed by atoms with Gasteiger partial charge in [-0.25, -0.2) is 4.79 Å². The minimum absolute atomic E-state index is 0.164. The first kappa shape index (κ1) is 17.5. The summed E-state index contributed by atoms with van der Waals surface area (Å²) in [6.07, 6.45) is 2.77. The summed E-state index contributed by atoms with van der Waals surface area (Å²) in [5.41, 5.74) is 1.16. The second-order valence-corrected chi connectivity index (χ2v) is 6.74. The van der Waals surface area contributed by atoms with Crippen molar-refractivity contribution in [2.24, 2.45) is 0 Å². The fourth-order valence-corrected chi connectivity index (χ4v) is 2.60. The number of hydrogen-bond acceptors (Lipinski definition) is 5. The number of carbonyl (C=O) groups is 2. The normalized spacial score (nSPS) is 16.2. The molecule has 0 spiro atoms. The van der Waals surface area contributed by atoms with E-state index in [4.69, 9.17) is 9.47 Å². The minimum atomic E-state index is -0.487. The van der Waals surface area contributed by atoms with E-state index in [1.165, 1.54) is 0 Å². The van der Waals surface area contributed by atoms with Gasteiger partial charge in [-0.3, -0.25) is 0 Å². The first-order chi connectivity index (χ1) is 10.9. The lowest BCUT2D eigenvalue weighted by Crippen LogP contribution is -2.37. The zero-order valence-corrected chi connectivity index (χ0v) is 14.1. The van der Waals surface area contributed by atoms with Gasteiger partial charge in [0.05, 0.1) is 11.7 Å². The van der Waals surface area contributed by atoms with Crippen molar-refractivity contribution in [3.8, 4) is 0 Å². The highest BCUT2D eigenvalue weighted by Gasteiger charge is 2.21. The molecule has 5 nitrogen and oxygen atoms in total. The summed E-state index contributed by atoms with van der Waals surface area (Å²) in [7, 11) is 0. The summed E-state index contributed by atoms with van der Waals surface area (Å²) in [6, 6.07) is 7.51. The molecular weight excluding hydrogens is 294 g/mol. The molecule has 126 valence electrons. The van der Waals surface area contributed by atoms with E-state index in [1.807, 2.05) is 32.9 Å². The lowest BCUT2D eigenvalue weighted by Gasteiger charge is -2.33. The number of esters is 1. The second-order valence-electron chi connectivity index (χ2n) is 6.74. The van der Waals surface area contributed by atoms with Crippen LogP contribution in [0.2, 0.25) is 0 Å². The van der Waals surface area contributed by atoms with Gasteiger partial charge in [0.2, 0.25) is 0 Å². The van der Waals surface area contributed by atoms with Gasteiger partial charge in [-0.1, -0.05) is 0 Å². The predicted molar refractivity (Wildman–Crippen MR) is 88.9 cm³/mol. The summed E-state index contributed by atoms with van der Waals surface area (Å²) < 4.78 is 10.8. The maximum absolute atomic E-state index is 12.0. The van der Waals surface area contributed by atoms with E-state index in [9.17, 15) is 9.59 Å². The van der Waals surface area contributed by atoms with E-state index >= 15 is 0 Å². The Morgan fingerprint density at radius 1 is 1.22 bits per heavy atom. The van der Waals surface area contributed by atoms with Crippen LogP contribution in [0.1, 0.15) is 44.0 Å². The van der Waals surface area contributed by atoms with Gasteiger partial charge in [0.1, 0.15) is 18.5 Å². The van der Waals surface area contributed by atoms with Crippen molar-refractivity contribution in [2.75, 3.05) is 24.6 Å². The van der Waals surface area contributed by atoms with Crippen LogP contribution in [0.5, 0.6) is 0 Å². The van der Waals surface area contributed by atoms with E-state index in [0.717, 1.165) is 37.9 Å². The fourth-order valence-electron chi connectivity index (χ4n) is 2.60. The number of hydrogen-bond donors (Lipinski definition) is 0. The molecule has 0 atom stereocenters. The smallest absolute Gasteiger partial charge is 0.338 e. The van der Waals surface area contributed by atoms with Crippen LogP contribution in [-0.4, -0.2) is 43.7 Å². The van der Waals surface area contributed by atoms with Crippen molar-refractivity contribution >= 4 is 17.9 Å². The third-order valence-electron chi connectivity index (χ3n) is 3.71. The molecule has 0 amide bonds. The lowest BCUT2D eigenvalue weighted by atomic mass is 10.1. The number of aldehydes is 1. The Hall–Kier alpha value is -1.88. The monoisotopic (exact) mass is 319 g/mol. The summed E-state index contributed by atoms with van der Waals surface area (Å²) >= 11 is 0. The van der Waals surface area contributed by atoms with Gasteiger partial charge in [-0.15, -0.1) is 0 Å². The molecule has 0 saturated carbocycles. The molecule has 0 aliphatic carbocycles. The van der Waals surface area contributed by atoms with Crippen molar-refractivity contribution in [1.29, 1.82) is 0 Å². The minimum Gasteiger partial charge on any atom is -0.456 e. The predicted octanol–water partition coefficient (Wildman–Crippen LogP) is 2.83. The molecule has 0 N–H and O–H groups in total. The summed E-state index contributed by atoms with van der Waals surface area (Å²) in [4.78, 5) is 24.6. The molecule has 23 heavy (non-hydrogen) atoms. The number of carbonyl (C=O) groups excluding carboxylic acids is 2. The van der Waals surface area contributed by atoms with E-state index in [2.05, 4.69) is 4.90 Å². The fraction of sp³-hybridized carbons (Fsp3) is 0.556. The molecule has 0 aromatic heterocycles. The second kappa shape index (κ2) is 7.59. The van der Waals surface area contributed by atoms with Crippen LogP contribution in [0.4, 0.5) is 5.69 Å². The van der Waals surface area contributed by atoms with E-state index in [-0.39, 0.29) is 18.7 Å². The lowest BCUT2D eigenvalue weighted by molar-refractivity contribution is -0.114. The van der Waals surface area contributed by atoms with Gasteiger partial charge in [0.15, 0.2) is 0 Å². The van der Waals surface area contributed by atoms with Crippen LogP contribution >= 0.6 is 0 Å². The average molecular weight is 319 g/mol. The molecule has 1 fully saturated rings. The SMILES string of the molecule is CC(C)(C)OC(=O)c1ccc(N2CCC(OCC=O)CC2)cc1. The van der Waals surface area contributed by atoms with Gasteiger partial charge < -0.3 is 19.2 Å². The number of benzene rings is 1. The van der Waals surface area contributed by atoms with Gasteiger partial charge in [-0.05, 0) is 57.9 Å². The Morgan fingerprint density at radius 2 is 1.83 bits per heavy atom. The van der Waals surface area contributed by atoms with Crippen LogP contribution in [0.25, 0.3) is 0 Å². The molecule has 5 heteroatoms. The molecule has 1 aromatic carbocycles. The number of piperidine rings is 1. The Morgan fingerprint density at radius 3 is 2.35 bits per heavy atom. The van der Waals surface area contributed by atoms with Gasteiger partial charge in [0.25, 0.3) is 0 Å². The maximum atomic E-state index is 12.0. The van der Waals surface area contributed by atoms with Crippen LogP contribution in [0.3, 0.4) is 0 Å². The molecule has 0 radical (unpaired) electrons. The Kier molecular flexibility index (Phi) is 5.77. The highest BCUT2D eigenvalue weighted by atomic mass is 16.6. The van der Waals surface area contributed by atoms with E-state index in [1.54, 1.807) is 12.1 Å². The number of anilines is 1. The number of rotatable bonds is 5. The maximum Gasteiger partial charge on any atom is 0.338 e. The average Bonchev–Trinajstić information content (AvgIpc) is 2.52. The zero-order chi connectivity index (χ0) is 16.9. The first-order valence-electron chi connectivity index (χ1n) is 8.02. The van der Waals surface area contributed by atoms with Crippen molar-refractivity contribution in [2.45, 2.75) is 45.3 Å². The molecule has 1 aromatic rings. The summed E-state index contributed by atoms with van der Waals surface area (Å²) in [6.45, 7) is 7.52. The summed E-state index contributed by atoms with van der Waals surface area (Å²) in [5.74, 6) is -0.301. The van der Waals surface area contributed by atoms with Crippen molar-refractivity contribution in [3.63, 3.8) is 0 Å².